The lowest BCUT2D eigenvalue weighted by atomic mass is 9.93. The van der Waals surface area contributed by atoms with Crippen LogP contribution in [0.25, 0.3) is 0 Å². The topological polar surface area (TPSA) is 78.9 Å². The molecule has 4 atom stereocenters. The first-order chi connectivity index (χ1) is 8.88. The number of nitrogens with zero attached hydrogens (tertiary/aromatic N) is 1. The van der Waals surface area contributed by atoms with Gasteiger partial charge in [0.2, 0.25) is 0 Å². The van der Waals surface area contributed by atoms with Gasteiger partial charge < -0.3 is 9.84 Å². The maximum Gasteiger partial charge on any atom is 0.279 e. The highest BCUT2D eigenvalue weighted by atomic mass is 32.2. The summed E-state index contributed by atoms with van der Waals surface area (Å²) in [5.41, 5.74) is 0. The summed E-state index contributed by atoms with van der Waals surface area (Å²) in [5, 5.41) is 9.86. The smallest absolute Gasteiger partial charge is 0.279 e. The molecule has 0 amide bonds. The van der Waals surface area contributed by atoms with Crippen molar-refractivity contribution in [3.05, 3.63) is 0 Å². The number of nitrogens with one attached hydrogen (secondary N) is 1. The van der Waals surface area contributed by atoms with Crippen molar-refractivity contribution in [1.29, 1.82) is 0 Å². The minimum atomic E-state index is -3.54. The molecule has 0 aromatic rings. The Morgan fingerprint density at radius 1 is 1.16 bits per heavy atom. The fourth-order valence-electron chi connectivity index (χ4n) is 2.84. The SMILES string of the molecule is CC1CN(S(=O)(=O)N[C@H]2CCCC[C@@H]2O)CC(C)O1. The molecule has 0 aromatic heterocycles. The minimum absolute atomic E-state index is 0.100. The van der Waals surface area contributed by atoms with E-state index >= 15 is 0 Å². The Balaban J connectivity index is 2.01. The maximum atomic E-state index is 12.3. The van der Waals surface area contributed by atoms with E-state index in [0.717, 1.165) is 12.8 Å². The van der Waals surface area contributed by atoms with Crippen molar-refractivity contribution in [2.45, 2.75) is 63.9 Å². The summed E-state index contributed by atoms with van der Waals surface area (Å²) in [6.07, 6.45) is 2.53. The summed E-state index contributed by atoms with van der Waals surface area (Å²) >= 11 is 0. The molecule has 0 bridgehead atoms. The zero-order valence-corrected chi connectivity index (χ0v) is 12.4. The van der Waals surface area contributed by atoms with Crippen molar-refractivity contribution in [2.75, 3.05) is 13.1 Å². The van der Waals surface area contributed by atoms with Gasteiger partial charge in [0, 0.05) is 19.1 Å². The van der Waals surface area contributed by atoms with E-state index in [2.05, 4.69) is 4.72 Å². The van der Waals surface area contributed by atoms with Gasteiger partial charge in [0.05, 0.1) is 18.3 Å². The lowest BCUT2D eigenvalue weighted by Gasteiger charge is -2.36. The van der Waals surface area contributed by atoms with Gasteiger partial charge in [-0.05, 0) is 26.7 Å². The van der Waals surface area contributed by atoms with Gasteiger partial charge in [0.25, 0.3) is 10.2 Å². The normalized spacial score (nSPS) is 38.3. The third-order valence-corrected chi connectivity index (χ3v) is 5.33. The molecule has 1 aliphatic carbocycles. The zero-order chi connectivity index (χ0) is 14.0. The van der Waals surface area contributed by atoms with E-state index in [0.29, 0.717) is 25.9 Å². The van der Waals surface area contributed by atoms with Crippen LogP contribution in [0.3, 0.4) is 0 Å². The van der Waals surface area contributed by atoms with Crippen molar-refractivity contribution in [1.82, 2.24) is 9.03 Å². The minimum Gasteiger partial charge on any atom is -0.391 e. The van der Waals surface area contributed by atoms with Crippen LogP contribution < -0.4 is 4.72 Å². The van der Waals surface area contributed by atoms with E-state index in [1.165, 1.54) is 4.31 Å². The summed E-state index contributed by atoms with van der Waals surface area (Å²) in [6.45, 7) is 4.46. The highest BCUT2D eigenvalue weighted by Crippen LogP contribution is 2.20. The highest BCUT2D eigenvalue weighted by Gasteiger charge is 2.34. The Labute approximate surface area is 115 Å². The summed E-state index contributed by atoms with van der Waals surface area (Å²) < 4.78 is 34.3. The fourth-order valence-corrected chi connectivity index (χ4v) is 4.46. The number of hydrogen-bond donors (Lipinski definition) is 2. The van der Waals surface area contributed by atoms with Gasteiger partial charge in [-0.1, -0.05) is 12.8 Å². The Morgan fingerprint density at radius 3 is 2.32 bits per heavy atom. The Morgan fingerprint density at radius 2 is 1.74 bits per heavy atom. The maximum absolute atomic E-state index is 12.3. The predicted octanol–water partition coefficient (Wildman–Crippen LogP) is 0.234. The summed E-state index contributed by atoms with van der Waals surface area (Å²) in [7, 11) is -3.54. The molecule has 1 saturated carbocycles. The number of ether oxygens (including phenoxy) is 1. The average Bonchev–Trinajstić information content (AvgIpc) is 2.31. The van der Waals surface area contributed by atoms with Crippen molar-refractivity contribution < 1.29 is 18.3 Å². The zero-order valence-electron chi connectivity index (χ0n) is 11.6. The molecule has 0 spiro atoms. The largest absolute Gasteiger partial charge is 0.391 e. The monoisotopic (exact) mass is 292 g/mol. The molecule has 1 saturated heterocycles. The van der Waals surface area contributed by atoms with Gasteiger partial charge in [-0.25, -0.2) is 0 Å². The van der Waals surface area contributed by atoms with Gasteiger partial charge in [0.15, 0.2) is 0 Å². The molecule has 2 aliphatic rings. The van der Waals surface area contributed by atoms with Gasteiger partial charge >= 0.3 is 0 Å². The first-order valence-corrected chi connectivity index (χ1v) is 8.43. The lowest BCUT2D eigenvalue weighted by Crippen LogP contribution is -2.55. The number of hydrogen-bond acceptors (Lipinski definition) is 4. The number of aliphatic hydroxyl groups excluding tert-OH is 1. The second-order valence-corrected chi connectivity index (χ2v) is 7.36. The molecule has 2 N–H and O–H groups in total. The molecule has 7 heteroatoms. The van der Waals surface area contributed by atoms with Crippen LogP contribution in [0.5, 0.6) is 0 Å². The molecule has 1 heterocycles. The highest BCUT2D eigenvalue weighted by molar-refractivity contribution is 7.87. The molecule has 6 nitrogen and oxygen atoms in total. The van der Waals surface area contributed by atoms with Crippen molar-refractivity contribution in [3.63, 3.8) is 0 Å². The van der Waals surface area contributed by atoms with Crippen LogP contribution in [0, 0.1) is 0 Å². The number of rotatable bonds is 3. The van der Waals surface area contributed by atoms with Crippen LogP contribution in [0.2, 0.25) is 0 Å². The first-order valence-electron chi connectivity index (χ1n) is 6.99. The van der Waals surface area contributed by atoms with Crippen molar-refractivity contribution >= 4 is 10.2 Å². The second-order valence-electron chi connectivity index (χ2n) is 5.66. The van der Waals surface area contributed by atoms with Gasteiger partial charge in [0.1, 0.15) is 0 Å². The van der Waals surface area contributed by atoms with Gasteiger partial charge in [-0.3, -0.25) is 0 Å². The third kappa shape index (κ3) is 3.88. The molecule has 2 fully saturated rings. The number of aliphatic hydroxyl groups is 1. The van der Waals surface area contributed by atoms with Crippen molar-refractivity contribution in [3.8, 4) is 0 Å². The average molecular weight is 292 g/mol. The van der Waals surface area contributed by atoms with Crippen LogP contribution in [0.15, 0.2) is 0 Å². The second kappa shape index (κ2) is 6.05. The fraction of sp³-hybridized carbons (Fsp3) is 1.00. The lowest BCUT2D eigenvalue weighted by molar-refractivity contribution is -0.0446. The van der Waals surface area contributed by atoms with E-state index < -0.39 is 16.3 Å². The van der Waals surface area contributed by atoms with E-state index in [1.807, 2.05) is 13.8 Å². The van der Waals surface area contributed by atoms with Gasteiger partial charge in [-0.2, -0.15) is 17.4 Å². The standard InChI is InChI=1S/C12H24N2O4S/c1-9-7-14(8-10(2)18-9)19(16,17)13-11-5-3-4-6-12(11)15/h9-13,15H,3-8H2,1-2H3/t9?,10?,11-,12-/m0/s1. The molecule has 112 valence electrons. The molecule has 19 heavy (non-hydrogen) atoms. The third-order valence-electron chi connectivity index (χ3n) is 3.76. The first kappa shape index (κ1) is 15.2. The molecular formula is C12H24N2O4S. The Kier molecular flexibility index (Phi) is 4.84. The summed E-state index contributed by atoms with van der Waals surface area (Å²) in [4.78, 5) is 0. The Bertz CT molecular complexity index is 391. The van der Waals surface area contributed by atoms with E-state index in [4.69, 9.17) is 4.74 Å². The van der Waals surface area contributed by atoms with Crippen LogP contribution in [-0.4, -0.2) is 55.3 Å². The van der Waals surface area contributed by atoms with E-state index in [-0.39, 0.29) is 18.2 Å². The van der Waals surface area contributed by atoms with E-state index in [9.17, 15) is 13.5 Å². The molecule has 2 unspecified atom stereocenters. The van der Waals surface area contributed by atoms with Crippen LogP contribution >= 0.6 is 0 Å². The van der Waals surface area contributed by atoms with Crippen LogP contribution in [-0.2, 0) is 14.9 Å². The molecule has 1 aliphatic heterocycles. The molecular weight excluding hydrogens is 268 g/mol. The molecule has 0 radical (unpaired) electrons. The Hall–Kier alpha value is -0.210. The quantitative estimate of drug-likeness (QED) is 0.781. The molecule has 2 rings (SSSR count). The van der Waals surface area contributed by atoms with Crippen molar-refractivity contribution in [2.24, 2.45) is 0 Å². The molecule has 0 aromatic carbocycles. The van der Waals surface area contributed by atoms with Gasteiger partial charge in [-0.15, -0.1) is 0 Å². The van der Waals surface area contributed by atoms with Crippen LogP contribution in [0.4, 0.5) is 0 Å². The van der Waals surface area contributed by atoms with Crippen LogP contribution in [0.1, 0.15) is 39.5 Å². The summed E-state index contributed by atoms with van der Waals surface area (Å²) in [6, 6.07) is -0.354. The predicted molar refractivity (Wildman–Crippen MR) is 71.9 cm³/mol. The van der Waals surface area contributed by atoms with E-state index in [1.54, 1.807) is 0 Å². The summed E-state index contributed by atoms with van der Waals surface area (Å²) in [5.74, 6) is 0. The number of morpholine rings is 1.